The van der Waals surface area contributed by atoms with Gasteiger partial charge in [-0.1, -0.05) is 30.4 Å². The Morgan fingerprint density at radius 3 is 2.68 bits per heavy atom. The van der Waals surface area contributed by atoms with Gasteiger partial charge in [0.15, 0.2) is 18.1 Å². The number of methoxy groups -OCH3 is 1. The molecular weight excluding hydrogens is 321 g/mol. The van der Waals surface area contributed by atoms with Gasteiger partial charge in [-0.15, -0.1) is 0 Å². The average Bonchev–Trinajstić information content (AvgIpc) is 2.60. The molecule has 2 rings (SSSR count). The zero-order chi connectivity index (χ0) is 18.2. The van der Waals surface area contributed by atoms with E-state index in [-0.39, 0.29) is 18.3 Å². The van der Waals surface area contributed by atoms with Crippen LogP contribution in [0, 0.1) is 5.82 Å². The maximum Gasteiger partial charge on any atom is 0.260 e. The number of rotatable bonds is 7. The van der Waals surface area contributed by atoms with Crippen molar-refractivity contribution in [3.05, 3.63) is 65.5 Å². The van der Waals surface area contributed by atoms with Crippen molar-refractivity contribution >= 4 is 12.0 Å². The fraction of sp³-hybridized carbons (Fsp3) is 0.250. The van der Waals surface area contributed by atoms with Crippen LogP contribution in [0.4, 0.5) is 4.39 Å². The smallest absolute Gasteiger partial charge is 0.260 e. The normalized spacial score (nSPS) is 10.7. The minimum Gasteiger partial charge on any atom is -0.493 e. The van der Waals surface area contributed by atoms with Gasteiger partial charge in [-0.05, 0) is 42.3 Å². The maximum atomic E-state index is 13.2. The van der Waals surface area contributed by atoms with Gasteiger partial charge in [-0.25, -0.2) is 4.39 Å². The van der Waals surface area contributed by atoms with Crippen LogP contribution in [0.3, 0.4) is 0 Å². The van der Waals surface area contributed by atoms with Crippen LogP contribution in [0.5, 0.6) is 11.5 Å². The summed E-state index contributed by atoms with van der Waals surface area (Å²) in [5.41, 5.74) is 1.71. The summed E-state index contributed by atoms with van der Waals surface area (Å²) in [5.74, 6) is 0.545. The van der Waals surface area contributed by atoms with E-state index in [0.29, 0.717) is 18.0 Å². The summed E-state index contributed by atoms with van der Waals surface area (Å²) in [7, 11) is 3.21. The van der Waals surface area contributed by atoms with E-state index in [0.717, 1.165) is 11.1 Å². The molecule has 0 saturated heterocycles. The Kier molecular flexibility index (Phi) is 6.57. The quantitative estimate of drug-likeness (QED) is 0.765. The molecule has 1 amide bonds. The van der Waals surface area contributed by atoms with Gasteiger partial charge in [0.2, 0.25) is 0 Å². The zero-order valence-corrected chi connectivity index (χ0v) is 14.7. The predicted octanol–water partition coefficient (Wildman–Crippen LogP) is 3.90. The largest absolute Gasteiger partial charge is 0.493 e. The Labute approximate surface area is 147 Å². The molecule has 0 bridgehead atoms. The molecule has 5 heteroatoms. The number of hydrogen-bond donors (Lipinski definition) is 0. The first-order valence-corrected chi connectivity index (χ1v) is 7.95. The standard InChI is InChI=1S/C20H22FNO3/c1-4-6-15-9-10-18(19(12-15)24-3)25-14-20(23)22(2)13-16-7-5-8-17(21)11-16/h4-12H,13-14H2,1-3H3/b6-4+. The second-order valence-corrected chi connectivity index (χ2v) is 5.58. The van der Waals surface area contributed by atoms with E-state index in [1.807, 2.05) is 31.2 Å². The lowest BCUT2D eigenvalue weighted by molar-refractivity contribution is -0.132. The Hall–Kier alpha value is -2.82. The van der Waals surface area contributed by atoms with E-state index >= 15 is 0 Å². The minimum atomic E-state index is -0.319. The molecule has 25 heavy (non-hydrogen) atoms. The molecule has 0 unspecified atom stereocenters. The summed E-state index contributed by atoms with van der Waals surface area (Å²) in [5, 5.41) is 0. The van der Waals surface area contributed by atoms with Crippen LogP contribution < -0.4 is 9.47 Å². The summed E-state index contributed by atoms with van der Waals surface area (Å²) in [4.78, 5) is 13.7. The van der Waals surface area contributed by atoms with Crippen molar-refractivity contribution in [1.82, 2.24) is 4.90 Å². The van der Waals surface area contributed by atoms with Crippen LogP contribution in [0.1, 0.15) is 18.1 Å². The molecule has 0 saturated carbocycles. The second kappa shape index (κ2) is 8.87. The number of amides is 1. The summed E-state index contributed by atoms with van der Waals surface area (Å²) in [6, 6.07) is 11.7. The topological polar surface area (TPSA) is 38.8 Å². The van der Waals surface area contributed by atoms with Crippen LogP contribution in [-0.2, 0) is 11.3 Å². The van der Waals surface area contributed by atoms with Crippen molar-refractivity contribution in [3.8, 4) is 11.5 Å². The molecule has 0 aliphatic heterocycles. The molecule has 4 nitrogen and oxygen atoms in total. The Bertz CT molecular complexity index is 758. The molecule has 0 spiro atoms. The van der Waals surface area contributed by atoms with E-state index in [9.17, 15) is 9.18 Å². The lowest BCUT2D eigenvalue weighted by atomic mass is 10.2. The Balaban J connectivity index is 1.97. The first kappa shape index (κ1) is 18.5. The van der Waals surface area contributed by atoms with E-state index in [1.165, 1.54) is 17.0 Å². The highest BCUT2D eigenvalue weighted by atomic mass is 19.1. The first-order chi connectivity index (χ1) is 12.0. The monoisotopic (exact) mass is 343 g/mol. The van der Waals surface area contributed by atoms with Crippen LogP contribution in [0.2, 0.25) is 0 Å². The number of nitrogens with zero attached hydrogens (tertiary/aromatic N) is 1. The number of carbonyl (C=O) groups is 1. The number of benzene rings is 2. The average molecular weight is 343 g/mol. The van der Waals surface area contributed by atoms with Gasteiger partial charge in [0, 0.05) is 13.6 Å². The Morgan fingerprint density at radius 1 is 1.20 bits per heavy atom. The molecule has 0 fully saturated rings. The lowest BCUT2D eigenvalue weighted by Crippen LogP contribution is -2.31. The van der Waals surface area contributed by atoms with Crippen molar-refractivity contribution in [2.24, 2.45) is 0 Å². The number of ether oxygens (including phenoxy) is 2. The van der Waals surface area contributed by atoms with Crippen molar-refractivity contribution in [1.29, 1.82) is 0 Å². The van der Waals surface area contributed by atoms with Crippen LogP contribution in [0.25, 0.3) is 6.08 Å². The molecule has 0 heterocycles. The third-order valence-corrected chi connectivity index (χ3v) is 3.63. The number of carbonyl (C=O) groups excluding carboxylic acids is 1. The maximum absolute atomic E-state index is 13.2. The van der Waals surface area contributed by atoms with E-state index in [2.05, 4.69) is 0 Å². The number of hydrogen-bond acceptors (Lipinski definition) is 3. The summed E-state index contributed by atoms with van der Waals surface area (Å²) >= 11 is 0. The SMILES string of the molecule is C/C=C/c1ccc(OCC(=O)N(C)Cc2cccc(F)c2)c(OC)c1. The van der Waals surface area contributed by atoms with Gasteiger partial charge >= 0.3 is 0 Å². The molecule has 0 aromatic heterocycles. The minimum absolute atomic E-state index is 0.120. The third kappa shape index (κ3) is 5.35. The summed E-state index contributed by atoms with van der Waals surface area (Å²) < 4.78 is 24.1. The number of halogens is 1. The van der Waals surface area contributed by atoms with Crippen molar-refractivity contribution in [2.75, 3.05) is 20.8 Å². The van der Waals surface area contributed by atoms with Crippen molar-refractivity contribution in [3.63, 3.8) is 0 Å². The second-order valence-electron chi connectivity index (χ2n) is 5.58. The van der Waals surface area contributed by atoms with E-state index in [4.69, 9.17) is 9.47 Å². The fourth-order valence-corrected chi connectivity index (χ4v) is 2.35. The molecule has 2 aromatic carbocycles. The molecule has 0 aliphatic carbocycles. The molecule has 2 aromatic rings. The predicted molar refractivity (Wildman–Crippen MR) is 96.1 cm³/mol. The van der Waals surface area contributed by atoms with Crippen LogP contribution >= 0.6 is 0 Å². The highest BCUT2D eigenvalue weighted by Gasteiger charge is 2.12. The fourth-order valence-electron chi connectivity index (χ4n) is 2.35. The summed E-state index contributed by atoms with van der Waals surface area (Å²) in [6.45, 7) is 2.13. The van der Waals surface area contributed by atoms with Crippen molar-refractivity contribution in [2.45, 2.75) is 13.5 Å². The van der Waals surface area contributed by atoms with Crippen LogP contribution in [0.15, 0.2) is 48.5 Å². The molecule has 0 aliphatic rings. The molecule has 0 radical (unpaired) electrons. The van der Waals surface area contributed by atoms with Crippen molar-refractivity contribution < 1.29 is 18.7 Å². The molecule has 0 atom stereocenters. The molecule has 0 N–H and O–H groups in total. The van der Waals surface area contributed by atoms with Gasteiger partial charge in [0.05, 0.1) is 7.11 Å². The number of allylic oxidation sites excluding steroid dienone is 1. The first-order valence-electron chi connectivity index (χ1n) is 7.95. The summed E-state index contributed by atoms with van der Waals surface area (Å²) in [6.07, 6.45) is 3.88. The lowest BCUT2D eigenvalue weighted by Gasteiger charge is -2.18. The van der Waals surface area contributed by atoms with E-state index < -0.39 is 0 Å². The van der Waals surface area contributed by atoms with Gasteiger partial charge in [0.25, 0.3) is 5.91 Å². The van der Waals surface area contributed by atoms with Gasteiger partial charge < -0.3 is 14.4 Å². The van der Waals surface area contributed by atoms with Gasteiger partial charge in [-0.2, -0.15) is 0 Å². The van der Waals surface area contributed by atoms with Gasteiger partial charge in [0.1, 0.15) is 5.82 Å². The molecular formula is C20H22FNO3. The van der Waals surface area contributed by atoms with E-state index in [1.54, 1.807) is 32.4 Å². The van der Waals surface area contributed by atoms with Gasteiger partial charge in [-0.3, -0.25) is 4.79 Å². The highest BCUT2D eigenvalue weighted by molar-refractivity contribution is 5.77. The third-order valence-electron chi connectivity index (χ3n) is 3.63. The zero-order valence-electron chi connectivity index (χ0n) is 14.7. The number of likely N-dealkylation sites (N-methyl/N-ethyl adjacent to an activating group) is 1. The Morgan fingerprint density at radius 2 is 2.00 bits per heavy atom. The molecule has 132 valence electrons. The highest BCUT2D eigenvalue weighted by Crippen LogP contribution is 2.28. The van der Waals surface area contributed by atoms with Crippen LogP contribution in [-0.4, -0.2) is 31.6 Å².